The third kappa shape index (κ3) is 3.31. The Balaban J connectivity index is 2.63. The van der Waals surface area contributed by atoms with Crippen molar-refractivity contribution in [3.05, 3.63) is 45.6 Å². The number of methoxy groups -OCH3 is 2. The Morgan fingerprint density at radius 2 is 1.79 bits per heavy atom. The van der Waals surface area contributed by atoms with Crippen molar-refractivity contribution in [3.8, 4) is 17.4 Å². The van der Waals surface area contributed by atoms with Gasteiger partial charge >= 0.3 is 0 Å². The first-order chi connectivity index (χ1) is 11.4. The van der Waals surface area contributed by atoms with Crippen molar-refractivity contribution in [2.24, 2.45) is 0 Å². The van der Waals surface area contributed by atoms with Crippen LogP contribution in [0.5, 0.6) is 17.4 Å². The zero-order valence-electron chi connectivity index (χ0n) is 14.4. The summed E-state index contributed by atoms with van der Waals surface area (Å²) in [5, 5.41) is 0.417. The number of carbonyl (C=O) groups is 1. The minimum absolute atomic E-state index is 0.218. The van der Waals surface area contributed by atoms with E-state index in [1.165, 1.54) is 13.3 Å². The molecule has 1 aromatic heterocycles. The number of ether oxygens (including phenoxy) is 3. The first-order valence-electron chi connectivity index (χ1n) is 7.49. The second-order valence-electron chi connectivity index (χ2n) is 5.20. The topological polar surface area (TPSA) is 57.7 Å². The quantitative estimate of drug-likeness (QED) is 0.738. The third-order valence-corrected chi connectivity index (χ3v) is 4.11. The van der Waals surface area contributed by atoms with Crippen LogP contribution in [0.1, 0.15) is 34.0 Å². The van der Waals surface area contributed by atoms with Crippen LogP contribution >= 0.6 is 11.6 Å². The highest BCUT2D eigenvalue weighted by Crippen LogP contribution is 2.34. The summed E-state index contributed by atoms with van der Waals surface area (Å²) in [5.74, 6) is 1.11. The Morgan fingerprint density at radius 3 is 2.38 bits per heavy atom. The molecule has 2 rings (SSSR count). The molecule has 0 spiro atoms. The summed E-state index contributed by atoms with van der Waals surface area (Å²) >= 11 is 6.15. The van der Waals surface area contributed by atoms with Crippen molar-refractivity contribution in [2.45, 2.75) is 20.8 Å². The van der Waals surface area contributed by atoms with Crippen LogP contribution < -0.4 is 14.2 Å². The maximum atomic E-state index is 13.1. The highest BCUT2D eigenvalue weighted by atomic mass is 35.5. The maximum absolute atomic E-state index is 13.1. The molecular weight excluding hydrogens is 330 g/mol. The number of pyridine rings is 1. The van der Waals surface area contributed by atoms with E-state index in [-0.39, 0.29) is 11.7 Å². The van der Waals surface area contributed by atoms with Gasteiger partial charge in [-0.3, -0.25) is 4.79 Å². The van der Waals surface area contributed by atoms with E-state index in [9.17, 15) is 4.79 Å². The molecule has 0 aliphatic rings. The number of aryl methyl sites for hydroxylation is 1. The van der Waals surface area contributed by atoms with Gasteiger partial charge < -0.3 is 14.2 Å². The molecule has 0 unspecified atom stereocenters. The van der Waals surface area contributed by atoms with Crippen molar-refractivity contribution in [1.82, 2.24) is 4.98 Å². The van der Waals surface area contributed by atoms with E-state index in [1.807, 2.05) is 13.8 Å². The van der Waals surface area contributed by atoms with E-state index < -0.39 is 0 Å². The van der Waals surface area contributed by atoms with Crippen LogP contribution in [0.25, 0.3) is 0 Å². The van der Waals surface area contributed by atoms with Crippen molar-refractivity contribution < 1.29 is 19.0 Å². The first kappa shape index (κ1) is 18.1. The Kier molecular flexibility index (Phi) is 5.67. The number of aromatic nitrogens is 1. The van der Waals surface area contributed by atoms with Gasteiger partial charge in [0.05, 0.1) is 31.4 Å². The second-order valence-corrected chi connectivity index (χ2v) is 5.60. The van der Waals surface area contributed by atoms with E-state index in [1.54, 1.807) is 26.2 Å². The zero-order valence-corrected chi connectivity index (χ0v) is 15.2. The summed E-state index contributed by atoms with van der Waals surface area (Å²) < 4.78 is 16.1. The van der Waals surface area contributed by atoms with Crippen LogP contribution in [0.3, 0.4) is 0 Å². The lowest BCUT2D eigenvalue weighted by molar-refractivity contribution is 0.103. The zero-order chi connectivity index (χ0) is 17.9. The molecule has 0 radical (unpaired) electrons. The molecule has 0 saturated heterocycles. The van der Waals surface area contributed by atoms with E-state index in [2.05, 4.69) is 4.98 Å². The van der Waals surface area contributed by atoms with Gasteiger partial charge in [0.25, 0.3) is 0 Å². The van der Waals surface area contributed by atoms with Crippen molar-refractivity contribution in [3.63, 3.8) is 0 Å². The number of hydrogen-bond donors (Lipinski definition) is 0. The van der Waals surface area contributed by atoms with Gasteiger partial charge in [0.2, 0.25) is 5.88 Å². The lowest BCUT2D eigenvalue weighted by Crippen LogP contribution is -2.11. The van der Waals surface area contributed by atoms with Crippen LogP contribution in [-0.2, 0) is 0 Å². The number of halogens is 1. The largest absolute Gasteiger partial charge is 0.493 e. The Bertz CT molecular complexity index is 774. The minimum atomic E-state index is -0.218. The van der Waals surface area contributed by atoms with Gasteiger partial charge in [-0.15, -0.1) is 0 Å². The fourth-order valence-corrected chi connectivity index (χ4v) is 2.57. The van der Waals surface area contributed by atoms with Gasteiger partial charge in [0.15, 0.2) is 17.3 Å². The average Bonchev–Trinajstić information content (AvgIpc) is 2.57. The average molecular weight is 350 g/mol. The summed E-state index contributed by atoms with van der Waals surface area (Å²) in [6.07, 6.45) is 1.49. The number of carbonyl (C=O) groups excluding carboxylic acids is 1. The first-order valence-corrected chi connectivity index (χ1v) is 7.87. The Labute approximate surface area is 146 Å². The molecule has 0 N–H and O–H groups in total. The fourth-order valence-electron chi connectivity index (χ4n) is 2.43. The summed E-state index contributed by atoms with van der Waals surface area (Å²) in [5.41, 5.74) is 2.24. The molecule has 0 bridgehead atoms. The highest BCUT2D eigenvalue weighted by molar-refractivity contribution is 6.32. The van der Waals surface area contributed by atoms with E-state index in [0.29, 0.717) is 39.8 Å². The molecule has 0 aliphatic heterocycles. The van der Waals surface area contributed by atoms with Gasteiger partial charge in [-0.1, -0.05) is 11.6 Å². The van der Waals surface area contributed by atoms with Crippen LogP contribution in [0, 0.1) is 13.8 Å². The summed E-state index contributed by atoms with van der Waals surface area (Å²) in [6.45, 7) is 5.85. The Hall–Kier alpha value is -2.27. The third-order valence-electron chi connectivity index (χ3n) is 3.73. The second kappa shape index (κ2) is 7.53. The van der Waals surface area contributed by atoms with Crippen molar-refractivity contribution in [1.29, 1.82) is 0 Å². The van der Waals surface area contributed by atoms with Crippen LogP contribution in [0.15, 0.2) is 18.3 Å². The van der Waals surface area contributed by atoms with Crippen molar-refractivity contribution in [2.75, 3.05) is 20.8 Å². The van der Waals surface area contributed by atoms with Crippen molar-refractivity contribution >= 4 is 17.4 Å². The molecule has 1 aromatic carbocycles. The summed E-state index contributed by atoms with van der Waals surface area (Å²) in [7, 11) is 3.08. The van der Waals surface area contributed by atoms with E-state index >= 15 is 0 Å². The molecule has 2 aromatic rings. The number of nitrogens with zero attached hydrogens (tertiary/aromatic N) is 1. The van der Waals surface area contributed by atoms with Crippen LogP contribution in [0.2, 0.25) is 5.02 Å². The van der Waals surface area contributed by atoms with Gasteiger partial charge in [0.1, 0.15) is 0 Å². The molecule has 6 heteroatoms. The molecule has 0 aliphatic carbocycles. The fraction of sp³-hybridized carbons (Fsp3) is 0.333. The van der Waals surface area contributed by atoms with E-state index in [4.69, 9.17) is 25.8 Å². The molecule has 1 heterocycles. The van der Waals surface area contributed by atoms with Crippen LogP contribution in [-0.4, -0.2) is 31.6 Å². The predicted molar refractivity (Wildman–Crippen MR) is 92.9 cm³/mol. The molecule has 5 nitrogen and oxygen atoms in total. The standard InChI is InChI=1S/C18H20ClNO4/c1-6-24-18-16(11(3)13(19)9-20-18)17(21)12-8-15(23-5)14(22-4)7-10(12)2/h7-9H,6H2,1-5H3. The van der Waals surface area contributed by atoms with Gasteiger partial charge in [-0.25, -0.2) is 4.98 Å². The molecule has 128 valence electrons. The molecule has 0 fully saturated rings. The number of hydrogen-bond acceptors (Lipinski definition) is 5. The summed E-state index contributed by atoms with van der Waals surface area (Å²) in [6, 6.07) is 3.42. The van der Waals surface area contributed by atoms with Gasteiger partial charge in [-0.2, -0.15) is 0 Å². The predicted octanol–water partition coefficient (Wildman–Crippen LogP) is 4.00. The smallest absolute Gasteiger partial charge is 0.225 e. The summed E-state index contributed by atoms with van der Waals surface area (Å²) in [4.78, 5) is 17.3. The molecule has 0 amide bonds. The number of rotatable bonds is 6. The number of ketones is 1. The lowest BCUT2D eigenvalue weighted by atomic mass is 9.96. The normalized spacial score (nSPS) is 10.4. The molecule has 0 atom stereocenters. The maximum Gasteiger partial charge on any atom is 0.225 e. The molecule has 24 heavy (non-hydrogen) atoms. The van der Waals surface area contributed by atoms with Gasteiger partial charge in [-0.05, 0) is 44.0 Å². The highest BCUT2D eigenvalue weighted by Gasteiger charge is 2.23. The van der Waals surface area contributed by atoms with Crippen LogP contribution in [0.4, 0.5) is 0 Å². The number of benzene rings is 1. The monoisotopic (exact) mass is 349 g/mol. The van der Waals surface area contributed by atoms with E-state index in [0.717, 1.165) is 5.56 Å². The molecular formula is C18H20ClNO4. The Morgan fingerprint density at radius 1 is 1.17 bits per heavy atom. The molecule has 0 saturated carbocycles. The lowest BCUT2D eigenvalue weighted by Gasteiger charge is -2.15. The minimum Gasteiger partial charge on any atom is -0.493 e. The van der Waals surface area contributed by atoms with Gasteiger partial charge in [0, 0.05) is 11.8 Å². The SMILES string of the molecule is CCOc1ncc(Cl)c(C)c1C(=O)c1cc(OC)c(OC)cc1C.